The highest BCUT2D eigenvalue weighted by Crippen LogP contribution is 2.41. The Labute approximate surface area is 221 Å². The maximum Gasteiger partial charge on any atom is 0.416 e. The summed E-state index contributed by atoms with van der Waals surface area (Å²) >= 11 is 12.8. The summed E-state index contributed by atoms with van der Waals surface area (Å²) in [6.07, 6.45) is -4.58. The molecule has 0 fully saturated rings. The summed E-state index contributed by atoms with van der Waals surface area (Å²) in [7, 11) is 1.56. The summed E-state index contributed by atoms with van der Waals surface area (Å²) in [4.78, 5) is 25.4. The maximum absolute atomic E-state index is 13.1. The lowest BCUT2D eigenvalue weighted by Gasteiger charge is -2.23. The van der Waals surface area contributed by atoms with Crippen LogP contribution in [0.5, 0.6) is 17.2 Å². The van der Waals surface area contributed by atoms with E-state index in [1.807, 2.05) is 13.8 Å². The van der Waals surface area contributed by atoms with Gasteiger partial charge in [-0.15, -0.1) is 0 Å². The number of hydrogen-bond donors (Lipinski definition) is 1. The smallest absolute Gasteiger partial charge is 0.416 e. The van der Waals surface area contributed by atoms with Gasteiger partial charge >= 0.3 is 12.1 Å². The molecule has 0 aliphatic rings. The highest BCUT2D eigenvalue weighted by atomic mass is 35.5. The molecule has 0 aromatic heterocycles. The number of anilines is 1. The molecule has 1 amide bonds. The molecular weight excluding hydrogens is 534 g/mol. The highest BCUT2D eigenvalue weighted by molar-refractivity contribution is 6.37. The SMILES string of the molecule is COc1ccc(Oc2c(Cl)cc(N(CC(=O)O)C(=O)c3ccc(C(F)(F)F)cc3)cc2Cl)cc1C(C)C. The van der Waals surface area contributed by atoms with E-state index in [9.17, 15) is 27.9 Å². The van der Waals surface area contributed by atoms with Gasteiger partial charge in [-0.2, -0.15) is 13.2 Å². The van der Waals surface area contributed by atoms with Gasteiger partial charge < -0.3 is 14.6 Å². The third-order valence-corrected chi connectivity index (χ3v) is 5.90. The molecule has 37 heavy (non-hydrogen) atoms. The van der Waals surface area contributed by atoms with Crippen molar-refractivity contribution in [3.05, 3.63) is 81.3 Å². The Bertz CT molecular complexity index is 1290. The van der Waals surface area contributed by atoms with Crippen LogP contribution < -0.4 is 14.4 Å². The summed E-state index contributed by atoms with van der Waals surface area (Å²) in [5.74, 6) is -0.900. The molecule has 6 nitrogen and oxygen atoms in total. The summed E-state index contributed by atoms with van der Waals surface area (Å²) in [6, 6.07) is 11.2. The fourth-order valence-corrected chi connectivity index (χ4v) is 4.07. The molecular formula is C26H22Cl2F3NO5. The second kappa shape index (κ2) is 11.3. The minimum absolute atomic E-state index is 0.0139. The van der Waals surface area contributed by atoms with Crippen molar-refractivity contribution in [2.24, 2.45) is 0 Å². The van der Waals surface area contributed by atoms with Crippen molar-refractivity contribution in [2.45, 2.75) is 25.9 Å². The normalized spacial score (nSPS) is 11.4. The first-order chi connectivity index (χ1) is 17.3. The molecule has 3 aromatic rings. The number of hydrogen-bond acceptors (Lipinski definition) is 4. The molecule has 0 unspecified atom stereocenters. The first kappa shape index (κ1) is 28.1. The zero-order valence-electron chi connectivity index (χ0n) is 19.9. The molecule has 0 saturated heterocycles. The molecule has 11 heteroatoms. The lowest BCUT2D eigenvalue weighted by atomic mass is 10.0. The number of benzene rings is 3. The number of alkyl halides is 3. The lowest BCUT2D eigenvalue weighted by molar-refractivity contribution is -0.137. The van der Waals surface area contributed by atoms with Gasteiger partial charge in [0.1, 0.15) is 18.0 Å². The van der Waals surface area contributed by atoms with E-state index in [1.54, 1.807) is 25.3 Å². The van der Waals surface area contributed by atoms with Crippen molar-refractivity contribution in [1.82, 2.24) is 0 Å². The number of carboxylic acid groups (broad SMARTS) is 1. The van der Waals surface area contributed by atoms with E-state index in [-0.39, 0.29) is 33.0 Å². The van der Waals surface area contributed by atoms with Crippen LogP contribution in [0.4, 0.5) is 18.9 Å². The number of nitrogens with zero attached hydrogens (tertiary/aromatic N) is 1. The Morgan fingerprint density at radius 2 is 1.59 bits per heavy atom. The summed E-state index contributed by atoms with van der Waals surface area (Å²) in [5, 5.41) is 9.32. The third-order valence-electron chi connectivity index (χ3n) is 5.34. The molecule has 0 heterocycles. The van der Waals surface area contributed by atoms with E-state index in [0.29, 0.717) is 11.5 Å². The van der Waals surface area contributed by atoms with Crippen LogP contribution >= 0.6 is 23.2 Å². The van der Waals surface area contributed by atoms with E-state index < -0.39 is 30.2 Å². The van der Waals surface area contributed by atoms with Crippen LogP contribution in [0, 0.1) is 0 Å². The second-order valence-corrected chi connectivity index (χ2v) is 9.07. The molecule has 3 rings (SSSR count). The Morgan fingerprint density at radius 3 is 2.08 bits per heavy atom. The van der Waals surface area contributed by atoms with Gasteiger partial charge in [-0.05, 0) is 60.5 Å². The molecule has 0 bridgehead atoms. The monoisotopic (exact) mass is 555 g/mol. The van der Waals surface area contributed by atoms with E-state index in [2.05, 4.69) is 0 Å². The van der Waals surface area contributed by atoms with Crippen molar-refractivity contribution in [2.75, 3.05) is 18.6 Å². The number of carbonyl (C=O) groups is 2. The fourth-order valence-electron chi connectivity index (χ4n) is 3.52. The standard InChI is InChI=1S/C26H22Cl2F3NO5/c1-14(2)19-12-18(8-9-22(19)36-3)37-24-20(27)10-17(11-21(24)28)32(13-23(33)34)25(35)15-4-6-16(7-5-15)26(29,30)31/h4-12,14H,13H2,1-3H3,(H,33,34). The van der Waals surface area contributed by atoms with Gasteiger partial charge in [0.15, 0.2) is 5.75 Å². The van der Waals surface area contributed by atoms with Crippen LogP contribution in [0.1, 0.15) is 41.3 Å². The van der Waals surface area contributed by atoms with Crippen LogP contribution in [0.25, 0.3) is 0 Å². The van der Waals surface area contributed by atoms with Crippen molar-refractivity contribution in [3.63, 3.8) is 0 Å². The van der Waals surface area contributed by atoms with E-state index in [0.717, 1.165) is 34.7 Å². The lowest BCUT2D eigenvalue weighted by Crippen LogP contribution is -2.35. The Hall–Kier alpha value is -3.43. The first-order valence-electron chi connectivity index (χ1n) is 10.9. The van der Waals surface area contributed by atoms with Crippen molar-refractivity contribution in [3.8, 4) is 17.2 Å². The average Bonchev–Trinajstić information content (AvgIpc) is 2.83. The topological polar surface area (TPSA) is 76.1 Å². The first-order valence-corrected chi connectivity index (χ1v) is 11.6. The molecule has 3 aromatic carbocycles. The van der Waals surface area contributed by atoms with Gasteiger partial charge in [-0.3, -0.25) is 14.5 Å². The Kier molecular flexibility index (Phi) is 8.60. The van der Waals surface area contributed by atoms with Gasteiger partial charge in [0.05, 0.1) is 22.7 Å². The van der Waals surface area contributed by atoms with Crippen molar-refractivity contribution >= 4 is 40.8 Å². The number of ether oxygens (including phenoxy) is 2. The molecule has 196 valence electrons. The quantitative estimate of drug-likeness (QED) is 0.308. The number of carbonyl (C=O) groups excluding carboxylic acids is 1. The number of amides is 1. The second-order valence-electron chi connectivity index (χ2n) is 8.26. The molecule has 0 aliphatic carbocycles. The van der Waals surface area contributed by atoms with E-state index in [1.165, 1.54) is 12.1 Å². The molecule has 0 radical (unpaired) electrons. The summed E-state index contributed by atoms with van der Waals surface area (Å²) in [5.41, 5.74) is -0.187. The zero-order valence-corrected chi connectivity index (χ0v) is 21.4. The van der Waals surface area contributed by atoms with Crippen molar-refractivity contribution < 1.29 is 37.3 Å². The highest BCUT2D eigenvalue weighted by Gasteiger charge is 2.31. The summed E-state index contributed by atoms with van der Waals surface area (Å²) < 4.78 is 49.9. The minimum atomic E-state index is -4.58. The maximum atomic E-state index is 13.1. The molecule has 0 spiro atoms. The van der Waals surface area contributed by atoms with Crippen LogP contribution in [-0.2, 0) is 11.0 Å². The summed E-state index contributed by atoms with van der Waals surface area (Å²) in [6.45, 7) is 3.19. The van der Waals surface area contributed by atoms with Crippen LogP contribution in [0.3, 0.4) is 0 Å². The van der Waals surface area contributed by atoms with Gasteiger partial charge in [-0.25, -0.2) is 0 Å². The van der Waals surface area contributed by atoms with Crippen LogP contribution in [0.2, 0.25) is 10.0 Å². The Morgan fingerprint density at radius 1 is 1.00 bits per heavy atom. The van der Waals surface area contributed by atoms with Gasteiger partial charge in [-0.1, -0.05) is 37.0 Å². The van der Waals surface area contributed by atoms with Crippen LogP contribution in [-0.4, -0.2) is 30.6 Å². The molecule has 0 aliphatic heterocycles. The predicted molar refractivity (Wildman–Crippen MR) is 134 cm³/mol. The minimum Gasteiger partial charge on any atom is -0.496 e. The largest absolute Gasteiger partial charge is 0.496 e. The van der Waals surface area contributed by atoms with Crippen molar-refractivity contribution in [1.29, 1.82) is 0 Å². The number of methoxy groups -OCH3 is 1. The Balaban J connectivity index is 1.95. The third kappa shape index (κ3) is 6.67. The number of carboxylic acids is 1. The zero-order chi connectivity index (χ0) is 27.5. The van der Waals surface area contributed by atoms with E-state index >= 15 is 0 Å². The number of aliphatic carboxylic acids is 1. The van der Waals surface area contributed by atoms with Gasteiger partial charge in [0.2, 0.25) is 0 Å². The molecule has 1 N–H and O–H groups in total. The number of halogens is 5. The molecule has 0 atom stereocenters. The molecule has 0 saturated carbocycles. The fraction of sp³-hybridized carbons (Fsp3) is 0.231. The van der Waals surface area contributed by atoms with Crippen LogP contribution in [0.15, 0.2) is 54.6 Å². The van der Waals surface area contributed by atoms with Gasteiger partial charge in [0.25, 0.3) is 5.91 Å². The van der Waals surface area contributed by atoms with Gasteiger partial charge in [0, 0.05) is 16.8 Å². The van der Waals surface area contributed by atoms with E-state index in [4.69, 9.17) is 32.7 Å². The predicted octanol–water partition coefficient (Wildman–Crippen LogP) is 7.67. The number of rotatable bonds is 8. The average molecular weight is 556 g/mol.